The first-order chi connectivity index (χ1) is 14.1. The smallest absolute Gasteiger partial charge is 0.255 e. The number of fused-ring (bicyclic) bond motifs is 2. The molecule has 1 aromatic carbocycles. The fraction of sp³-hybridized carbons (Fsp3) is 0.591. The maximum Gasteiger partial charge on any atom is 0.255 e. The Labute approximate surface area is 170 Å². The number of hydrogen-bond acceptors (Lipinski definition) is 5. The number of hydrogen-bond donors (Lipinski definition) is 3. The minimum absolute atomic E-state index is 0.103. The summed E-state index contributed by atoms with van der Waals surface area (Å²) in [6.07, 6.45) is 4.51. The zero-order valence-electron chi connectivity index (χ0n) is 16.6. The van der Waals surface area contributed by atoms with Crippen LogP contribution in [0.1, 0.15) is 53.6 Å². The van der Waals surface area contributed by atoms with E-state index in [2.05, 4.69) is 22.0 Å². The van der Waals surface area contributed by atoms with E-state index >= 15 is 0 Å². The molecule has 0 spiro atoms. The predicted octanol–water partition coefficient (Wildman–Crippen LogP) is 0.925. The molecule has 4 unspecified atom stereocenters. The van der Waals surface area contributed by atoms with Crippen molar-refractivity contribution in [1.82, 2.24) is 20.9 Å². The summed E-state index contributed by atoms with van der Waals surface area (Å²) >= 11 is 0. The van der Waals surface area contributed by atoms with Crippen molar-refractivity contribution in [2.24, 2.45) is 11.8 Å². The van der Waals surface area contributed by atoms with E-state index in [-0.39, 0.29) is 24.1 Å². The van der Waals surface area contributed by atoms with Gasteiger partial charge in [0.25, 0.3) is 5.91 Å². The van der Waals surface area contributed by atoms with Gasteiger partial charge < -0.3 is 15.5 Å². The van der Waals surface area contributed by atoms with Gasteiger partial charge in [-0.05, 0) is 61.4 Å². The standard InChI is InChI=1S/C22H28N4O3/c27-20-7-6-19(21(28)25-20)26-12-15-5-4-13(8-16(15)22(26)29)9-24-18-3-1-2-14-10-23-11-17(14)18/h4-5,8,14,17-19,23-24H,1-3,6-7,9-12H2,(H,25,27,28). The number of nitrogens with zero attached hydrogens (tertiary/aromatic N) is 1. The molecule has 4 aliphatic rings. The average Bonchev–Trinajstić information content (AvgIpc) is 3.32. The number of benzene rings is 1. The molecule has 5 rings (SSSR count). The van der Waals surface area contributed by atoms with Crippen molar-refractivity contribution in [3.05, 3.63) is 34.9 Å². The van der Waals surface area contributed by atoms with Gasteiger partial charge in [0, 0.05) is 31.1 Å². The van der Waals surface area contributed by atoms with Crippen LogP contribution in [0.4, 0.5) is 0 Å². The van der Waals surface area contributed by atoms with Crippen molar-refractivity contribution in [3.8, 4) is 0 Å². The van der Waals surface area contributed by atoms with Gasteiger partial charge in [-0.3, -0.25) is 19.7 Å². The summed E-state index contributed by atoms with van der Waals surface area (Å²) < 4.78 is 0. The number of nitrogens with one attached hydrogen (secondary N) is 3. The first-order valence-corrected chi connectivity index (χ1v) is 10.8. The molecule has 29 heavy (non-hydrogen) atoms. The quantitative estimate of drug-likeness (QED) is 0.659. The fourth-order valence-electron chi connectivity index (χ4n) is 5.57. The Morgan fingerprint density at radius 2 is 2.00 bits per heavy atom. The lowest BCUT2D eigenvalue weighted by Crippen LogP contribution is -2.52. The van der Waals surface area contributed by atoms with Crippen LogP contribution in [-0.4, -0.2) is 47.8 Å². The summed E-state index contributed by atoms with van der Waals surface area (Å²) in [6.45, 7) is 3.44. The van der Waals surface area contributed by atoms with E-state index in [1.807, 2.05) is 12.1 Å². The van der Waals surface area contributed by atoms with E-state index < -0.39 is 6.04 Å². The highest BCUT2D eigenvalue weighted by Crippen LogP contribution is 2.33. The Morgan fingerprint density at radius 3 is 2.86 bits per heavy atom. The Morgan fingerprint density at radius 1 is 1.10 bits per heavy atom. The van der Waals surface area contributed by atoms with Gasteiger partial charge in [0.1, 0.15) is 6.04 Å². The van der Waals surface area contributed by atoms with Crippen molar-refractivity contribution < 1.29 is 14.4 Å². The molecule has 3 heterocycles. The van der Waals surface area contributed by atoms with Crippen LogP contribution in [0.5, 0.6) is 0 Å². The molecule has 0 bridgehead atoms. The molecule has 154 valence electrons. The van der Waals surface area contributed by atoms with Crippen LogP contribution in [0.15, 0.2) is 18.2 Å². The van der Waals surface area contributed by atoms with Crippen LogP contribution >= 0.6 is 0 Å². The van der Waals surface area contributed by atoms with Crippen molar-refractivity contribution in [1.29, 1.82) is 0 Å². The molecule has 1 saturated carbocycles. The lowest BCUT2D eigenvalue weighted by atomic mass is 9.78. The van der Waals surface area contributed by atoms with E-state index in [1.165, 1.54) is 19.3 Å². The van der Waals surface area contributed by atoms with Crippen molar-refractivity contribution in [2.45, 2.75) is 57.3 Å². The number of carbonyl (C=O) groups excluding carboxylic acids is 3. The Balaban J connectivity index is 1.25. The second kappa shape index (κ2) is 7.54. The zero-order valence-corrected chi connectivity index (χ0v) is 16.6. The van der Waals surface area contributed by atoms with Crippen LogP contribution in [0.25, 0.3) is 0 Å². The van der Waals surface area contributed by atoms with Gasteiger partial charge >= 0.3 is 0 Å². The first-order valence-electron chi connectivity index (χ1n) is 10.8. The fourth-order valence-corrected chi connectivity index (χ4v) is 5.57. The first kappa shape index (κ1) is 18.8. The topological polar surface area (TPSA) is 90.5 Å². The summed E-state index contributed by atoms with van der Waals surface area (Å²) in [7, 11) is 0. The van der Waals surface area contributed by atoms with E-state index in [1.54, 1.807) is 4.90 Å². The van der Waals surface area contributed by atoms with Gasteiger partial charge in [0.05, 0.1) is 0 Å². The van der Waals surface area contributed by atoms with Crippen LogP contribution in [0.2, 0.25) is 0 Å². The van der Waals surface area contributed by atoms with Gasteiger partial charge in [-0.25, -0.2) is 0 Å². The number of rotatable bonds is 4. The van der Waals surface area contributed by atoms with Crippen molar-refractivity contribution in [3.63, 3.8) is 0 Å². The van der Waals surface area contributed by atoms with Crippen LogP contribution < -0.4 is 16.0 Å². The van der Waals surface area contributed by atoms with Gasteiger partial charge in [-0.1, -0.05) is 18.6 Å². The second-order valence-electron chi connectivity index (χ2n) is 8.89. The number of amides is 3. The molecular formula is C22H28N4O3. The van der Waals surface area contributed by atoms with E-state index in [0.29, 0.717) is 30.5 Å². The maximum absolute atomic E-state index is 13.0. The molecule has 2 saturated heterocycles. The summed E-state index contributed by atoms with van der Waals surface area (Å²) in [6, 6.07) is 6.05. The van der Waals surface area contributed by atoms with Gasteiger partial charge in [-0.15, -0.1) is 0 Å². The van der Waals surface area contributed by atoms with Crippen molar-refractivity contribution in [2.75, 3.05) is 13.1 Å². The summed E-state index contributed by atoms with van der Waals surface area (Å²) in [4.78, 5) is 38.2. The third-order valence-electron chi connectivity index (χ3n) is 7.16. The third-order valence-corrected chi connectivity index (χ3v) is 7.16. The molecule has 7 heteroatoms. The molecule has 3 fully saturated rings. The van der Waals surface area contributed by atoms with Crippen molar-refractivity contribution >= 4 is 17.7 Å². The normalized spacial score (nSPS) is 31.6. The number of carbonyl (C=O) groups is 3. The molecule has 4 atom stereocenters. The predicted molar refractivity (Wildman–Crippen MR) is 107 cm³/mol. The van der Waals surface area contributed by atoms with E-state index in [9.17, 15) is 14.4 Å². The monoisotopic (exact) mass is 396 g/mol. The molecule has 1 aromatic rings. The highest BCUT2D eigenvalue weighted by Gasteiger charge is 2.39. The van der Waals surface area contributed by atoms with Crippen LogP contribution in [-0.2, 0) is 22.7 Å². The third kappa shape index (κ3) is 3.46. The Bertz CT molecular complexity index is 854. The number of imide groups is 1. The lowest BCUT2D eigenvalue weighted by molar-refractivity contribution is -0.136. The highest BCUT2D eigenvalue weighted by atomic mass is 16.2. The van der Waals surface area contributed by atoms with Gasteiger partial charge in [-0.2, -0.15) is 0 Å². The zero-order chi connectivity index (χ0) is 20.0. The second-order valence-corrected chi connectivity index (χ2v) is 8.89. The van der Waals surface area contributed by atoms with Gasteiger partial charge in [0.2, 0.25) is 11.8 Å². The Kier molecular flexibility index (Phi) is 4.87. The maximum atomic E-state index is 13.0. The van der Waals surface area contributed by atoms with E-state index in [0.717, 1.165) is 36.7 Å². The highest BCUT2D eigenvalue weighted by molar-refractivity contribution is 6.05. The summed E-state index contributed by atoms with van der Waals surface area (Å²) in [5.41, 5.74) is 2.76. The van der Waals surface area contributed by atoms with Crippen LogP contribution in [0, 0.1) is 11.8 Å². The molecule has 0 radical (unpaired) electrons. The molecule has 0 aromatic heterocycles. The molecule has 3 amide bonds. The lowest BCUT2D eigenvalue weighted by Gasteiger charge is -2.33. The number of piperidine rings is 1. The van der Waals surface area contributed by atoms with Gasteiger partial charge in [0.15, 0.2) is 0 Å². The van der Waals surface area contributed by atoms with E-state index in [4.69, 9.17) is 0 Å². The van der Waals surface area contributed by atoms with Crippen LogP contribution in [0.3, 0.4) is 0 Å². The summed E-state index contributed by atoms with van der Waals surface area (Å²) in [5.74, 6) is 0.786. The molecular weight excluding hydrogens is 368 g/mol. The molecule has 7 nitrogen and oxygen atoms in total. The average molecular weight is 396 g/mol. The summed E-state index contributed by atoms with van der Waals surface area (Å²) in [5, 5.41) is 9.62. The SMILES string of the molecule is O=C1CCC(N2Cc3ccc(CNC4CCCC5CNCC54)cc3C2=O)C(=O)N1. The largest absolute Gasteiger partial charge is 0.322 e. The minimum Gasteiger partial charge on any atom is -0.322 e. The molecule has 3 aliphatic heterocycles. The molecule has 1 aliphatic carbocycles. The minimum atomic E-state index is -0.553. The Hall–Kier alpha value is -2.25. The molecule has 3 N–H and O–H groups in total.